The Morgan fingerprint density at radius 3 is 0.847 bits per heavy atom. The van der Waals surface area contributed by atoms with Crippen LogP contribution in [0.4, 0.5) is 0 Å². The van der Waals surface area contributed by atoms with Crippen molar-refractivity contribution in [2.45, 2.75) is 13.0 Å². The zero-order chi connectivity index (χ0) is 59.0. The minimum atomic E-state index is -0.794. The number of rotatable bonds is 16. The van der Waals surface area contributed by atoms with E-state index in [2.05, 4.69) is 0 Å². The molecule has 1 aliphatic heterocycles. The molecule has 85 heavy (non-hydrogen) atoms. The van der Waals surface area contributed by atoms with Crippen LogP contribution in [0.2, 0.25) is 0 Å². The summed E-state index contributed by atoms with van der Waals surface area (Å²) in [7, 11) is 6.38. The van der Waals surface area contributed by atoms with Gasteiger partial charge in [0.25, 0.3) is 0 Å². The lowest BCUT2D eigenvalue weighted by Crippen LogP contribution is -2.24. The Hall–Kier alpha value is -11.1. The second kappa shape index (κ2) is 24.9. The maximum Gasteiger partial charge on any atom is 0.343 e. The van der Waals surface area contributed by atoms with E-state index in [1.54, 1.807) is 132 Å². The minimum absolute atomic E-state index is 0.0459. The summed E-state index contributed by atoms with van der Waals surface area (Å²) in [5, 5.41) is 0. The lowest BCUT2D eigenvalue weighted by Gasteiger charge is -2.27. The summed E-state index contributed by atoms with van der Waals surface area (Å²) in [6, 6.07) is 63.2. The third kappa shape index (κ3) is 12.7. The molecule has 0 saturated carbocycles. The molecule has 11 rings (SSSR count). The molecule has 14 nitrogen and oxygen atoms in total. The van der Waals surface area contributed by atoms with Gasteiger partial charge in [-0.3, -0.25) is 0 Å². The topological polar surface area (TPSA) is 161 Å². The number of esters is 4. The van der Waals surface area contributed by atoms with E-state index in [9.17, 15) is 19.2 Å². The van der Waals surface area contributed by atoms with Crippen molar-refractivity contribution in [3.8, 4) is 113 Å². The van der Waals surface area contributed by atoms with Crippen LogP contribution in [0, 0.1) is 0 Å². The predicted octanol–water partition coefficient (Wildman–Crippen LogP) is 15.1. The van der Waals surface area contributed by atoms with Crippen molar-refractivity contribution in [1.82, 2.24) is 0 Å². The number of fused-ring (bicyclic) bond motifs is 3. The molecule has 0 N–H and O–H groups in total. The molecule has 0 aromatic heterocycles. The van der Waals surface area contributed by atoms with Gasteiger partial charge in [-0.15, -0.1) is 0 Å². The Bertz CT molecular complexity index is 4050. The van der Waals surface area contributed by atoms with Gasteiger partial charge in [-0.2, -0.15) is 0 Å². The van der Waals surface area contributed by atoms with Crippen molar-refractivity contribution in [3.63, 3.8) is 0 Å². The van der Waals surface area contributed by atoms with E-state index in [1.807, 2.05) is 97.1 Å². The third-order valence-electron chi connectivity index (χ3n) is 14.1. The fourth-order valence-corrected chi connectivity index (χ4v) is 9.55. The van der Waals surface area contributed by atoms with Gasteiger partial charge in [0.2, 0.25) is 0 Å². The second-order valence-corrected chi connectivity index (χ2v) is 19.6. The van der Waals surface area contributed by atoms with Crippen LogP contribution in [0.3, 0.4) is 0 Å². The van der Waals surface area contributed by atoms with E-state index in [1.165, 1.54) is 24.3 Å². The van der Waals surface area contributed by atoms with Gasteiger partial charge in [-0.25, -0.2) is 19.2 Å². The first-order chi connectivity index (χ1) is 41.4. The Kier molecular flexibility index (Phi) is 16.4. The molecule has 0 radical (unpaired) electrons. The number of hydrogen-bond acceptors (Lipinski definition) is 14. The molecule has 0 spiro atoms. The number of carbonyl (C=O) groups excluding carboxylic acids is 4. The maximum absolute atomic E-state index is 14.6. The van der Waals surface area contributed by atoms with E-state index in [0.717, 1.165) is 44.5 Å². The summed E-state index contributed by atoms with van der Waals surface area (Å²) < 4.78 is 59.2. The summed E-state index contributed by atoms with van der Waals surface area (Å²) in [6.07, 6.45) is -0.692. The number of hydrogen-bond donors (Lipinski definition) is 0. The molecule has 0 fully saturated rings. The van der Waals surface area contributed by atoms with Crippen LogP contribution < -0.4 is 47.4 Å². The smallest absolute Gasteiger partial charge is 0.343 e. The molecule has 0 aliphatic carbocycles. The lowest BCUT2D eigenvalue weighted by molar-refractivity contribution is 0.0707. The molecule has 1 heterocycles. The first kappa shape index (κ1) is 55.8. The van der Waals surface area contributed by atoms with E-state index < -0.39 is 30.0 Å². The highest BCUT2D eigenvalue weighted by molar-refractivity contribution is 5.99. The lowest BCUT2D eigenvalue weighted by atomic mass is 9.99. The van der Waals surface area contributed by atoms with Gasteiger partial charge in [-0.1, -0.05) is 97.1 Å². The number of benzene rings is 10. The Morgan fingerprint density at radius 1 is 0.318 bits per heavy atom. The Balaban J connectivity index is 0.991. The van der Waals surface area contributed by atoms with Crippen molar-refractivity contribution >= 4 is 23.9 Å². The van der Waals surface area contributed by atoms with Crippen LogP contribution in [0.5, 0.6) is 57.5 Å². The van der Waals surface area contributed by atoms with Crippen LogP contribution in [-0.4, -0.2) is 65.0 Å². The van der Waals surface area contributed by atoms with Gasteiger partial charge >= 0.3 is 23.9 Å². The molecule has 14 heteroatoms. The highest BCUT2D eigenvalue weighted by Gasteiger charge is 2.32. The zero-order valence-corrected chi connectivity index (χ0v) is 46.8. The summed E-state index contributed by atoms with van der Waals surface area (Å²) in [4.78, 5) is 57.3. The average Bonchev–Trinajstić information content (AvgIpc) is 2.50. The largest absolute Gasteiger partial charge is 0.497 e. The molecule has 0 amide bonds. The second-order valence-electron chi connectivity index (χ2n) is 19.6. The highest BCUT2D eigenvalue weighted by atomic mass is 16.6. The van der Waals surface area contributed by atoms with Crippen LogP contribution >= 0.6 is 0 Å². The van der Waals surface area contributed by atoms with Crippen LogP contribution in [0.15, 0.2) is 218 Å². The molecular weight excluding hydrogens is 1080 g/mol. The van der Waals surface area contributed by atoms with Gasteiger partial charge in [0, 0.05) is 24.3 Å². The summed E-state index contributed by atoms with van der Waals surface area (Å²) >= 11 is 0. The fraction of sp³-hybridized carbons (Fsp3) is 0.0986. The quantitative estimate of drug-likeness (QED) is 0.0664. The normalized spacial score (nSPS) is 12.3. The molecule has 10 aromatic rings. The monoisotopic (exact) mass is 1130 g/mol. The van der Waals surface area contributed by atoms with Crippen molar-refractivity contribution in [1.29, 1.82) is 0 Å². The zero-order valence-electron chi connectivity index (χ0n) is 46.8. The van der Waals surface area contributed by atoms with Crippen molar-refractivity contribution < 1.29 is 66.5 Å². The molecule has 0 bridgehead atoms. The summed E-state index contributed by atoms with van der Waals surface area (Å²) in [5.74, 6) is -0.500. The van der Waals surface area contributed by atoms with E-state index in [4.69, 9.17) is 47.4 Å². The average molecular weight is 1130 g/mol. The number of ether oxygens (including phenoxy) is 10. The first-order valence-corrected chi connectivity index (χ1v) is 26.9. The molecule has 1 atom stereocenters. The van der Waals surface area contributed by atoms with Gasteiger partial charge < -0.3 is 47.4 Å². The number of methoxy groups -OCH3 is 4. The van der Waals surface area contributed by atoms with Crippen molar-refractivity contribution in [2.75, 3.05) is 35.0 Å². The van der Waals surface area contributed by atoms with Crippen LogP contribution in [-0.2, 0) is 0 Å². The predicted molar refractivity (Wildman–Crippen MR) is 321 cm³/mol. The van der Waals surface area contributed by atoms with E-state index in [0.29, 0.717) is 23.0 Å². The molecule has 10 aromatic carbocycles. The SMILES string of the molecule is COc1ccc(-c2ccc(C(=O)Oc3cc4c(c(OC(=O)c5ccc(-c6ccc(OC)cc6)cc5)c3)-c3c(OC(=O)c5ccc(-c6ccc(OC)cc6)cc5)cc(OC(=O)c5ccc(-c6ccc(OC)cc6)cc5)cc3OC(C)CO4)cc2)cc1. The molecule has 1 unspecified atom stereocenters. The Labute approximate surface area is 490 Å². The van der Waals surface area contributed by atoms with Gasteiger partial charge in [0.15, 0.2) is 0 Å². The highest BCUT2D eigenvalue weighted by Crippen LogP contribution is 2.53. The summed E-state index contributed by atoms with van der Waals surface area (Å²) in [5.41, 5.74) is 7.93. The van der Waals surface area contributed by atoms with E-state index >= 15 is 0 Å². The fourth-order valence-electron chi connectivity index (χ4n) is 9.55. The summed E-state index contributed by atoms with van der Waals surface area (Å²) in [6.45, 7) is 1.68. The molecular formula is C71H54O14. The number of carbonyl (C=O) groups is 4. The van der Waals surface area contributed by atoms with Gasteiger partial charge in [0.1, 0.15) is 70.2 Å². The van der Waals surface area contributed by atoms with Crippen LogP contribution in [0.1, 0.15) is 48.4 Å². The van der Waals surface area contributed by atoms with Gasteiger partial charge in [-0.05, 0) is 148 Å². The molecule has 1 aliphatic rings. The maximum atomic E-state index is 14.6. The van der Waals surface area contributed by atoms with E-state index in [-0.39, 0.29) is 74.5 Å². The molecule has 0 saturated heterocycles. The van der Waals surface area contributed by atoms with Crippen molar-refractivity contribution in [3.05, 3.63) is 241 Å². The standard InChI is InChI=1S/C71H54O14/c1-43-42-80-62-38-60(82-68(72)52-14-6-44(7-15-52)48-22-30-56(76-2)31-23-48)40-64(84-70(74)54-18-10-46(11-19-54)50-26-34-58(78-4)35-27-50)66(62)67-63(81-43)39-61(83-69(73)53-16-8-45(9-17-53)49-24-32-57(77-3)33-25-49)41-65(67)85-71(75)55-20-12-47(13-21-55)51-28-36-59(79-5)37-29-51/h6-41,43H,42H2,1-5H3. The van der Waals surface area contributed by atoms with Crippen molar-refractivity contribution in [2.24, 2.45) is 0 Å². The van der Waals surface area contributed by atoms with Crippen LogP contribution in [0.25, 0.3) is 55.6 Å². The minimum Gasteiger partial charge on any atom is -0.497 e. The Morgan fingerprint density at radius 2 is 0.565 bits per heavy atom. The van der Waals surface area contributed by atoms with Gasteiger partial charge in [0.05, 0.1) is 61.8 Å². The third-order valence-corrected chi connectivity index (χ3v) is 14.1. The molecule has 422 valence electrons. The first-order valence-electron chi connectivity index (χ1n) is 26.9.